The maximum atomic E-state index is 11.8. The number of nitrogens with zero attached hydrogens (tertiary/aromatic N) is 2. The molecule has 1 aromatic rings. The second-order valence-electron chi connectivity index (χ2n) is 5.12. The van der Waals surface area contributed by atoms with Gasteiger partial charge in [-0.25, -0.2) is 4.98 Å². The quantitative estimate of drug-likeness (QED) is 0.612. The molecule has 7 heteroatoms. The highest BCUT2D eigenvalue weighted by molar-refractivity contribution is 5.83. The van der Waals surface area contributed by atoms with Crippen molar-refractivity contribution in [1.29, 1.82) is 0 Å². The Hall–Kier alpha value is -2.18. The molecule has 0 aliphatic carbocycles. The van der Waals surface area contributed by atoms with Crippen LogP contribution < -0.4 is 10.6 Å². The average Bonchev–Trinajstić information content (AvgIpc) is 2.35. The van der Waals surface area contributed by atoms with Crippen LogP contribution in [0.25, 0.3) is 0 Å². The Morgan fingerprint density at radius 3 is 2.60 bits per heavy atom. The van der Waals surface area contributed by atoms with E-state index in [9.17, 15) is 14.9 Å². The summed E-state index contributed by atoms with van der Waals surface area (Å²) < 4.78 is 0. The number of pyridine rings is 1. The number of hydrogen-bond donors (Lipinski definition) is 2. The van der Waals surface area contributed by atoms with Crippen molar-refractivity contribution in [2.75, 3.05) is 11.9 Å². The molecule has 1 heterocycles. The lowest BCUT2D eigenvalue weighted by molar-refractivity contribution is -0.385. The molecule has 0 radical (unpaired) electrons. The van der Waals surface area contributed by atoms with Crippen molar-refractivity contribution < 1.29 is 9.72 Å². The number of aromatic nitrogens is 1. The lowest BCUT2D eigenvalue weighted by Gasteiger charge is -2.15. The van der Waals surface area contributed by atoms with E-state index in [0.29, 0.717) is 23.8 Å². The van der Waals surface area contributed by atoms with Crippen LogP contribution in [0.3, 0.4) is 0 Å². The van der Waals surface area contributed by atoms with Crippen molar-refractivity contribution in [3.63, 3.8) is 0 Å². The third-order valence-electron chi connectivity index (χ3n) is 2.72. The maximum absolute atomic E-state index is 11.8. The molecule has 1 amide bonds. The van der Waals surface area contributed by atoms with Crippen molar-refractivity contribution in [2.24, 2.45) is 5.92 Å². The van der Waals surface area contributed by atoms with Gasteiger partial charge in [0.2, 0.25) is 5.91 Å². The zero-order valence-corrected chi connectivity index (χ0v) is 12.1. The van der Waals surface area contributed by atoms with E-state index in [-0.39, 0.29) is 11.6 Å². The number of aryl methyl sites for hydroxylation is 1. The van der Waals surface area contributed by atoms with Crippen molar-refractivity contribution in [3.8, 4) is 0 Å². The Kier molecular flexibility index (Phi) is 5.42. The molecule has 2 N–H and O–H groups in total. The van der Waals surface area contributed by atoms with Crippen molar-refractivity contribution in [2.45, 2.75) is 33.7 Å². The van der Waals surface area contributed by atoms with Crippen LogP contribution in [0.15, 0.2) is 12.3 Å². The Labute approximate surface area is 117 Å². The van der Waals surface area contributed by atoms with E-state index in [1.165, 1.54) is 6.20 Å². The first-order valence-electron chi connectivity index (χ1n) is 6.46. The zero-order chi connectivity index (χ0) is 15.3. The van der Waals surface area contributed by atoms with E-state index in [4.69, 9.17) is 0 Å². The summed E-state index contributed by atoms with van der Waals surface area (Å²) in [6.07, 6.45) is 1.19. The first-order chi connectivity index (χ1) is 9.31. The van der Waals surface area contributed by atoms with E-state index in [0.717, 1.165) is 0 Å². The normalized spacial score (nSPS) is 12.1. The molecule has 1 unspecified atom stereocenters. The van der Waals surface area contributed by atoms with Crippen LogP contribution in [0.2, 0.25) is 0 Å². The average molecular weight is 280 g/mol. The molecule has 0 bridgehead atoms. The van der Waals surface area contributed by atoms with Gasteiger partial charge in [0.15, 0.2) is 0 Å². The number of nitrogens with one attached hydrogen (secondary N) is 2. The van der Waals surface area contributed by atoms with E-state index in [1.54, 1.807) is 19.9 Å². The molecular formula is C13H20N4O3. The standard InChI is InChI=1S/C13H20N4O3/c1-8(2)6-15-13(18)10(4)16-12-5-9(3)11(7-14-12)17(19)20/h5,7-8,10H,6H2,1-4H3,(H,14,16)(H,15,18). The van der Waals surface area contributed by atoms with Gasteiger partial charge in [-0.15, -0.1) is 0 Å². The molecule has 7 nitrogen and oxygen atoms in total. The second kappa shape index (κ2) is 6.83. The minimum absolute atomic E-state index is 0.0348. The monoisotopic (exact) mass is 280 g/mol. The molecule has 1 aromatic heterocycles. The highest BCUT2D eigenvalue weighted by Crippen LogP contribution is 2.19. The molecule has 0 fully saturated rings. The van der Waals surface area contributed by atoms with Gasteiger partial charge in [-0.2, -0.15) is 0 Å². The highest BCUT2D eigenvalue weighted by atomic mass is 16.6. The van der Waals surface area contributed by atoms with Gasteiger partial charge in [0.05, 0.1) is 4.92 Å². The lowest BCUT2D eigenvalue weighted by Crippen LogP contribution is -2.39. The van der Waals surface area contributed by atoms with Gasteiger partial charge in [-0.05, 0) is 25.8 Å². The fourth-order valence-corrected chi connectivity index (χ4v) is 1.56. The third-order valence-corrected chi connectivity index (χ3v) is 2.72. The molecule has 1 rings (SSSR count). The van der Waals surface area contributed by atoms with Crippen LogP contribution in [0.1, 0.15) is 26.3 Å². The Bertz CT molecular complexity index is 502. The number of anilines is 1. The lowest BCUT2D eigenvalue weighted by atomic mass is 10.2. The zero-order valence-electron chi connectivity index (χ0n) is 12.1. The molecule has 0 aliphatic heterocycles. The van der Waals surface area contributed by atoms with Gasteiger partial charge in [-0.3, -0.25) is 14.9 Å². The summed E-state index contributed by atoms with van der Waals surface area (Å²) >= 11 is 0. The molecule has 1 atom stereocenters. The SMILES string of the molecule is Cc1cc(NC(C)C(=O)NCC(C)C)ncc1[N+](=O)[O-]. The summed E-state index contributed by atoms with van der Waals surface area (Å²) in [7, 11) is 0. The number of carbonyl (C=O) groups excluding carboxylic acids is 1. The summed E-state index contributed by atoms with van der Waals surface area (Å²) in [6.45, 7) is 7.99. The third kappa shape index (κ3) is 4.49. The van der Waals surface area contributed by atoms with Crippen LogP contribution in [-0.4, -0.2) is 28.4 Å². The van der Waals surface area contributed by atoms with Crippen molar-refractivity contribution >= 4 is 17.4 Å². The molecule has 0 saturated carbocycles. The number of hydrogen-bond acceptors (Lipinski definition) is 5. The summed E-state index contributed by atoms with van der Waals surface area (Å²) in [5.41, 5.74) is 0.467. The summed E-state index contributed by atoms with van der Waals surface area (Å²) in [5, 5.41) is 16.4. The molecule has 20 heavy (non-hydrogen) atoms. The smallest absolute Gasteiger partial charge is 0.290 e. The number of carbonyl (C=O) groups is 1. The van der Waals surface area contributed by atoms with Gasteiger partial charge < -0.3 is 10.6 Å². The highest BCUT2D eigenvalue weighted by Gasteiger charge is 2.16. The van der Waals surface area contributed by atoms with Crippen LogP contribution >= 0.6 is 0 Å². The Morgan fingerprint density at radius 1 is 1.45 bits per heavy atom. The first kappa shape index (κ1) is 15.9. The molecular weight excluding hydrogens is 260 g/mol. The Morgan fingerprint density at radius 2 is 2.10 bits per heavy atom. The molecule has 0 aliphatic rings. The van der Waals surface area contributed by atoms with Crippen molar-refractivity contribution in [1.82, 2.24) is 10.3 Å². The minimum atomic E-state index is -0.481. The molecule has 0 spiro atoms. The van der Waals surface area contributed by atoms with Gasteiger partial charge >= 0.3 is 0 Å². The summed E-state index contributed by atoms with van der Waals surface area (Å²) in [6, 6.07) is 1.10. The molecule has 0 saturated heterocycles. The number of nitro groups is 1. The van der Waals surface area contributed by atoms with Crippen LogP contribution in [-0.2, 0) is 4.79 Å². The van der Waals surface area contributed by atoms with E-state index >= 15 is 0 Å². The fourth-order valence-electron chi connectivity index (χ4n) is 1.56. The number of rotatable bonds is 6. The predicted molar refractivity (Wildman–Crippen MR) is 76.6 cm³/mol. The predicted octanol–water partition coefficient (Wildman–Crippen LogP) is 1.87. The maximum Gasteiger partial charge on any atom is 0.290 e. The minimum Gasteiger partial charge on any atom is -0.359 e. The topological polar surface area (TPSA) is 97.2 Å². The first-order valence-corrected chi connectivity index (χ1v) is 6.46. The fraction of sp³-hybridized carbons (Fsp3) is 0.538. The van der Waals surface area contributed by atoms with Gasteiger partial charge in [0, 0.05) is 12.1 Å². The second-order valence-corrected chi connectivity index (χ2v) is 5.12. The molecule has 110 valence electrons. The van der Waals surface area contributed by atoms with E-state index in [2.05, 4.69) is 15.6 Å². The number of amides is 1. The van der Waals surface area contributed by atoms with Gasteiger partial charge in [0.1, 0.15) is 18.1 Å². The van der Waals surface area contributed by atoms with Gasteiger partial charge in [0.25, 0.3) is 5.69 Å². The summed E-state index contributed by atoms with van der Waals surface area (Å²) in [5.74, 6) is 0.697. The molecule has 0 aromatic carbocycles. The Balaban J connectivity index is 2.66. The largest absolute Gasteiger partial charge is 0.359 e. The van der Waals surface area contributed by atoms with Crippen molar-refractivity contribution in [3.05, 3.63) is 27.9 Å². The van der Waals surface area contributed by atoms with Crippen LogP contribution in [0.5, 0.6) is 0 Å². The van der Waals surface area contributed by atoms with Gasteiger partial charge in [-0.1, -0.05) is 13.8 Å². The van der Waals surface area contributed by atoms with Crippen LogP contribution in [0.4, 0.5) is 11.5 Å². The van der Waals surface area contributed by atoms with Crippen LogP contribution in [0, 0.1) is 23.0 Å². The van der Waals surface area contributed by atoms with E-state index in [1.807, 2.05) is 13.8 Å². The summed E-state index contributed by atoms with van der Waals surface area (Å²) in [4.78, 5) is 26.0. The van der Waals surface area contributed by atoms with E-state index < -0.39 is 11.0 Å².